The van der Waals surface area contributed by atoms with Crippen molar-refractivity contribution in [1.82, 2.24) is 24.5 Å². The standard InChI is InChI=1S/C16H18N6O3/c1-16(2,3)13-14(24)22(15-19-17-9-21(15)20-13)18-8-10-5-6-12(25-4)11(23)7-10/h5-9,23H,1-4H3/b18-8-. The number of methoxy groups -OCH3 is 1. The van der Waals surface area contributed by atoms with Crippen LogP contribution in [0.4, 0.5) is 0 Å². The maximum absolute atomic E-state index is 12.8. The first-order valence-electron chi connectivity index (χ1n) is 7.56. The Morgan fingerprint density at radius 3 is 2.72 bits per heavy atom. The van der Waals surface area contributed by atoms with Crippen molar-refractivity contribution >= 4 is 12.0 Å². The number of fused-ring (bicyclic) bond motifs is 1. The molecule has 1 aromatic carbocycles. The fourth-order valence-electron chi connectivity index (χ4n) is 2.26. The summed E-state index contributed by atoms with van der Waals surface area (Å²) in [6.07, 6.45) is 2.86. The second-order valence-electron chi connectivity index (χ2n) is 6.47. The molecule has 9 heteroatoms. The Kier molecular flexibility index (Phi) is 3.99. The van der Waals surface area contributed by atoms with Crippen LogP contribution >= 0.6 is 0 Å². The summed E-state index contributed by atoms with van der Waals surface area (Å²) in [7, 11) is 1.47. The van der Waals surface area contributed by atoms with E-state index in [-0.39, 0.29) is 17.1 Å². The normalized spacial score (nSPS) is 12.2. The van der Waals surface area contributed by atoms with Crippen LogP contribution in [-0.2, 0) is 5.41 Å². The lowest BCUT2D eigenvalue weighted by Gasteiger charge is -2.16. The topological polar surface area (TPSA) is 107 Å². The maximum atomic E-state index is 12.8. The number of phenols is 1. The maximum Gasteiger partial charge on any atom is 0.298 e. The number of aromatic nitrogens is 5. The molecule has 0 aliphatic heterocycles. The highest BCUT2D eigenvalue weighted by Gasteiger charge is 2.23. The third kappa shape index (κ3) is 3.08. The number of benzene rings is 1. The fourth-order valence-corrected chi connectivity index (χ4v) is 2.26. The van der Waals surface area contributed by atoms with Crippen LogP contribution in [-0.4, -0.2) is 42.9 Å². The lowest BCUT2D eigenvalue weighted by atomic mass is 9.93. The Labute approximate surface area is 143 Å². The Hall–Kier alpha value is -3.23. The summed E-state index contributed by atoms with van der Waals surface area (Å²) < 4.78 is 7.55. The zero-order chi connectivity index (χ0) is 18.2. The van der Waals surface area contributed by atoms with Gasteiger partial charge < -0.3 is 9.84 Å². The largest absolute Gasteiger partial charge is 0.504 e. The van der Waals surface area contributed by atoms with E-state index in [9.17, 15) is 9.90 Å². The summed E-state index contributed by atoms with van der Waals surface area (Å²) >= 11 is 0. The van der Waals surface area contributed by atoms with Crippen LogP contribution in [0.15, 0.2) is 34.4 Å². The molecule has 2 aromatic heterocycles. The molecule has 25 heavy (non-hydrogen) atoms. The van der Waals surface area contributed by atoms with Crippen LogP contribution in [0.2, 0.25) is 0 Å². The smallest absolute Gasteiger partial charge is 0.298 e. The van der Waals surface area contributed by atoms with Crippen molar-refractivity contribution in [2.75, 3.05) is 7.11 Å². The average molecular weight is 342 g/mol. The van der Waals surface area contributed by atoms with Crippen LogP contribution in [0, 0.1) is 0 Å². The third-order valence-corrected chi connectivity index (χ3v) is 3.54. The molecule has 0 aliphatic carbocycles. The van der Waals surface area contributed by atoms with Crippen molar-refractivity contribution in [3.05, 3.63) is 46.1 Å². The average Bonchev–Trinajstić information content (AvgIpc) is 3.01. The molecule has 0 radical (unpaired) electrons. The molecule has 0 fully saturated rings. The van der Waals surface area contributed by atoms with Crippen molar-refractivity contribution < 1.29 is 9.84 Å². The number of ether oxygens (including phenoxy) is 1. The molecular formula is C16H18N6O3. The SMILES string of the molecule is COc1ccc(/C=N\n2c(=O)c(C(C)(C)C)nn3cnnc23)cc1O. The highest BCUT2D eigenvalue weighted by molar-refractivity contribution is 5.80. The zero-order valence-corrected chi connectivity index (χ0v) is 14.3. The Morgan fingerprint density at radius 1 is 1.32 bits per heavy atom. The molecule has 0 saturated heterocycles. The predicted molar refractivity (Wildman–Crippen MR) is 91.4 cm³/mol. The van der Waals surface area contributed by atoms with Gasteiger partial charge in [-0.2, -0.15) is 19.4 Å². The molecular weight excluding hydrogens is 324 g/mol. The lowest BCUT2D eigenvalue weighted by Crippen LogP contribution is -2.33. The molecule has 2 heterocycles. The number of rotatable bonds is 3. The van der Waals surface area contributed by atoms with Gasteiger partial charge >= 0.3 is 0 Å². The summed E-state index contributed by atoms with van der Waals surface area (Å²) in [6, 6.07) is 4.81. The summed E-state index contributed by atoms with van der Waals surface area (Å²) in [6.45, 7) is 5.67. The van der Waals surface area contributed by atoms with Crippen molar-refractivity contribution in [2.24, 2.45) is 5.10 Å². The molecule has 0 bridgehead atoms. The van der Waals surface area contributed by atoms with Gasteiger partial charge in [0.2, 0.25) is 0 Å². The van der Waals surface area contributed by atoms with E-state index in [0.717, 1.165) is 4.68 Å². The quantitative estimate of drug-likeness (QED) is 0.716. The van der Waals surface area contributed by atoms with Gasteiger partial charge in [-0.15, -0.1) is 10.2 Å². The number of aromatic hydroxyl groups is 1. The van der Waals surface area contributed by atoms with Gasteiger partial charge in [-0.05, 0) is 23.8 Å². The third-order valence-electron chi connectivity index (χ3n) is 3.54. The molecule has 0 aliphatic rings. The van der Waals surface area contributed by atoms with E-state index in [1.165, 1.54) is 30.2 Å². The fraction of sp³-hybridized carbons (Fsp3) is 0.312. The summed E-state index contributed by atoms with van der Waals surface area (Å²) in [5.74, 6) is 0.539. The first kappa shape index (κ1) is 16.6. The van der Waals surface area contributed by atoms with Gasteiger partial charge in [0, 0.05) is 5.41 Å². The number of hydrogen-bond donors (Lipinski definition) is 1. The molecule has 1 N–H and O–H groups in total. The van der Waals surface area contributed by atoms with E-state index in [4.69, 9.17) is 4.74 Å². The minimum absolute atomic E-state index is 0.0171. The number of phenolic OH excluding ortho intramolecular Hbond substituents is 1. The first-order chi connectivity index (χ1) is 11.8. The molecule has 0 atom stereocenters. The van der Waals surface area contributed by atoms with Gasteiger partial charge in [0.25, 0.3) is 11.3 Å². The van der Waals surface area contributed by atoms with Gasteiger partial charge in [0.1, 0.15) is 12.0 Å². The van der Waals surface area contributed by atoms with Crippen molar-refractivity contribution in [1.29, 1.82) is 0 Å². The van der Waals surface area contributed by atoms with Crippen LogP contribution in [0.25, 0.3) is 5.78 Å². The molecule has 0 spiro atoms. The molecule has 0 unspecified atom stereocenters. The van der Waals surface area contributed by atoms with Crippen LogP contribution in [0.5, 0.6) is 11.5 Å². The Bertz CT molecular complexity index is 1010. The molecule has 130 valence electrons. The minimum Gasteiger partial charge on any atom is -0.504 e. The van der Waals surface area contributed by atoms with Gasteiger partial charge in [0.15, 0.2) is 11.5 Å². The highest BCUT2D eigenvalue weighted by atomic mass is 16.5. The molecule has 0 amide bonds. The van der Waals surface area contributed by atoms with Crippen molar-refractivity contribution in [3.8, 4) is 11.5 Å². The van der Waals surface area contributed by atoms with E-state index in [1.807, 2.05) is 20.8 Å². The first-order valence-corrected chi connectivity index (χ1v) is 7.56. The van der Waals surface area contributed by atoms with E-state index in [1.54, 1.807) is 12.1 Å². The Balaban J connectivity index is 2.12. The second kappa shape index (κ2) is 6.00. The highest BCUT2D eigenvalue weighted by Crippen LogP contribution is 2.25. The predicted octanol–water partition coefficient (Wildman–Crippen LogP) is 1.18. The van der Waals surface area contributed by atoms with E-state index >= 15 is 0 Å². The van der Waals surface area contributed by atoms with Crippen LogP contribution < -0.4 is 10.3 Å². The van der Waals surface area contributed by atoms with Gasteiger partial charge in [-0.3, -0.25) is 4.79 Å². The summed E-state index contributed by atoms with van der Waals surface area (Å²) in [4.78, 5) is 12.8. The number of nitrogens with zero attached hydrogens (tertiary/aromatic N) is 6. The van der Waals surface area contributed by atoms with Crippen molar-refractivity contribution in [3.63, 3.8) is 0 Å². The second-order valence-corrected chi connectivity index (χ2v) is 6.47. The van der Waals surface area contributed by atoms with Gasteiger partial charge in [-0.25, -0.2) is 0 Å². The Morgan fingerprint density at radius 2 is 2.08 bits per heavy atom. The molecule has 9 nitrogen and oxygen atoms in total. The van der Waals surface area contributed by atoms with Gasteiger partial charge in [0.05, 0.1) is 13.3 Å². The molecule has 3 rings (SSSR count). The minimum atomic E-state index is -0.467. The van der Waals surface area contributed by atoms with Crippen LogP contribution in [0.1, 0.15) is 32.0 Å². The van der Waals surface area contributed by atoms with Gasteiger partial charge in [-0.1, -0.05) is 20.8 Å². The van der Waals surface area contributed by atoms with E-state index in [0.29, 0.717) is 17.0 Å². The van der Waals surface area contributed by atoms with Crippen molar-refractivity contribution in [2.45, 2.75) is 26.2 Å². The molecule has 3 aromatic rings. The summed E-state index contributed by atoms with van der Waals surface area (Å²) in [5, 5.41) is 26.0. The zero-order valence-electron chi connectivity index (χ0n) is 14.3. The van der Waals surface area contributed by atoms with Crippen LogP contribution in [0.3, 0.4) is 0 Å². The molecule has 0 saturated carbocycles. The number of hydrogen-bond acceptors (Lipinski definition) is 7. The van der Waals surface area contributed by atoms with E-state index < -0.39 is 5.41 Å². The summed E-state index contributed by atoms with van der Waals surface area (Å²) in [5.41, 5.74) is 0.0964. The van der Waals surface area contributed by atoms with E-state index in [2.05, 4.69) is 20.4 Å². The monoisotopic (exact) mass is 342 g/mol. The lowest BCUT2D eigenvalue weighted by molar-refractivity contribution is 0.373.